The van der Waals surface area contributed by atoms with Gasteiger partial charge in [0.1, 0.15) is 21.4 Å². The maximum absolute atomic E-state index is 11.4. The predicted molar refractivity (Wildman–Crippen MR) is 71.1 cm³/mol. The molecular formula is C11H9NO4S2. The number of nitrogens with one attached hydrogen (secondary N) is 1. The van der Waals surface area contributed by atoms with Crippen molar-refractivity contribution in [2.45, 2.75) is 6.92 Å². The summed E-state index contributed by atoms with van der Waals surface area (Å²) in [6.07, 6.45) is 1.54. The highest BCUT2D eigenvalue weighted by molar-refractivity contribution is 8.26. The quantitative estimate of drug-likeness (QED) is 0.507. The topological polar surface area (TPSA) is 68.5 Å². The first-order valence-electron chi connectivity index (χ1n) is 4.95. The van der Waals surface area contributed by atoms with E-state index in [1.165, 1.54) is 13.2 Å². The second-order valence-corrected chi connectivity index (χ2v) is 5.18. The predicted octanol–water partition coefficient (Wildman–Crippen LogP) is 1.86. The molecule has 1 saturated heterocycles. The number of methoxy groups -OCH3 is 1. The van der Waals surface area contributed by atoms with Gasteiger partial charge in [-0.25, -0.2) is 4.79 Å². The van der Waals surface area contributed by atoms with Gasteiger partial charge in [-0.3, -0.25) is 4.79 Å². The molecule has 2 rings (SSSR count). The molecule has 7 heteroatoms. The molecule has 0 saturated carbocycles. The van der Waals surface area contributed by atoms with E-state index in [2.05, 4.69) is 10.1 Å². The Labute approximate surface area is 113 Å². The third kappa shape index (κ3) is 2.46. The molecule has 0 bridgehead atoms. The summed E-state index contributed by atoms with van der Waals surface area (Å²) in [6, 6.07) is 1.53. The van der Waals surface area contributed by atoms with Crippen LogP contribution in [0.5, 0.6) is 0 Å². The number of thiocarbonyl (C=S) groups is 1. The van der Waals surface area contributed by atoms with E-state index >= 15 is 0 Å². The monoisotopic (exact) mass is 283 g/mol. The van der Waals surface area contributed by atoms with Gasteiger partial charge in [-0.1, -0.05) is 24.0 Å². The Morgan fingerprint density at radius 2 is 2.33 bits per heavy atom. The minimum Gasteiger partial charge on any atom is -0.465 e. The number of furan rings is 1. The SMILES string of the molecule is COC(=O)c1cc(/C=C2\SC(=S)NC2=O)oc1C. The van der Waals surface area contributed by atoms with Crippen LogP contribution in [0.2, 0.25) is 0 Å². The Morgan fingerprint density at radius 3 is 2.89 bits per heavy atom. The van der Waals surface area contributed by atoms with Crippen molar-refractivity contribution in [1.29, 1.82) is 0 Å². The summed E-state index contributed by atoms with van der Waals surface area (Å²) in [4.78, 5) is 23.3. The number of hydrogen-bond acceptors (Lipinski definition) is 6. The van der Waals surface area contributed by atoms with E-state index in [0.717, 1.165) is 11.8 Å². The van der Waals surface area contributed by atoms with Crippen LogP contribution >= 0.6 is 24.0 Å². The molecule has 1 N–H and O–H groups in total. The smallest absolute Gasteiger partial charge is 0.341 e. The van der Waals surface area contributed by atoms with Gasteiger partial charge >= 0.3 is 5.97 Å². The summed E-state index contributed by atoms with van der Waals surface area (Å²) >= 11 is 6.02. The summed E-state index contributed by atoms with van der Waals surface area (Å²) in [6.45, 7) is 1.65. The number of amides is 1. The Bertz CT molecular complexity index is 574. The molecule has 1 aliphatic rings. The van der Waals surface area contributed by atoms with E-state index in [4.69, 9.17) is 16.6 Å². The summed E-state index contributed by atoms with van der Waals surface area (Å²) < 4.78 is 10.4. The first kappa shape index (κ1) is 12.8. The molecule has 0 aromatic carbocycles. The second kappa shape index (κ2) is 4.95. The van der Waals surface area contributed by atoms with Crippen molar-refractivity contribution in [3.8, 4) is 0 Å². The normalized spacial score (nSPS) is 17.1. The van der Waals surface area contributed by atoms with Gasteiger partial charge in [0.05, 0.1) is 12.0 Å². The van der Waals surface area contributed by atoms with Crippen molar-refractivity contribution in [2.75, 3.05) is 7.11 Å². The summed E-state index contributed by atoms with van der Waals surface area (Å²) in [5.41, 5.74) is 0.343. The fourth-order valence-electron chi connectivity index (χ4n) is 1.44. The van der Waals surface area contributed by atoms with E-state index in [9.17, 15) is 9.59 Å². The zero-order valence-electron chi connectivity index (χ0n) is 9.60. The largest absolute Gasteiger partial charge is 0.465 e. The fourth-order valence-corrected chi connectivity index (χ4v) is 2.46. The summed E-state index contributed by atoms with van der Waals surface area (Å²) in [7, 11) is 1.30. The molecule has 1 aromatic rings. The van der Waals surface area contributed by atoms with E-state index in [0.29, 0.717) is 26.3 Å². The Hall–Kier alpha value is -1.60. The molecular weight excluding hydrogens is 274 g/mol. The van der Waals surface area contributed by atoms with Crippen molar-refractivity contribution in [2.24, 2.45) is 0 Å². The van der Waals surface area contributed by atoms with Crippen molar-refractivity contribution in [3.05, 3.63) is 28.1 Å². The minimum absolute atomic E-state index is 0.265. The zero-order chi connectivity index (χ0) is 13.3. The highest BCUT2D eigenvalue weighted by Crippen LogP contribution is 2.27. The molecule has 18 heavy (non-hydrogen) atoms. The molecule has 0 spiro atoms. The summed E-state index contributed by atoms with van der Waals surface area (Å²) in [5.74, 6) is 0.119. The van der Waals surface area contributed by atoms with Gasteiger partial charge in [0.25, 0.3) is 5.91 Å². The first-order chi connectivity index (χ1) is 8.51. The lowest BCUT2D eigenvalue weighted by Gasteiger charge is -1.93. The van der Waals surface area contributed by atoms with Gasteiger partial charge in [-0.05, 0) is 13.0 Å². The van der Waals surface area contributed by atoms with Crippen LogP contribution in [0.3, 0.4) is 0 Å². The van der Waals surface area contributed by atoms with E-state index in [1.54, 1.807) is 13.0 Å². The van der Waals surface area contributed by atoms with Gasteiger partial charge in [-0.2, -0.15) is 0 Å². The minimum atomic E-state index is -0.472. The maximum Gasteiger partial charge on any atom is 0.341 e. The number of rotatable bonds is 2. The molecule has 2 heterocycles. The number of ether oxygens (including phenoxy) is 1. The van der Waals surface area contributed by atoms with Crippen LogP contribution in [0.4, 0.5) is 0 Å². The molecule has 94 valence electrons. The van der Waals surface area contributed by atoms with E-state index in [1.807, 2.05) is 0 Å². The third-order valence-electron chi connectivity index (χ3n) is 2.26. The first-order valence-corrected chi connectivity index (χ1v) is 6.17. The van der Waals surface area contributed by atoms with Crippen LogP contribution in [0.25, 0.3) is 6.08 Å². The van der Waals surface area contributed by atoms with E-state index in [-0.39, 0.29) is 5.91 Å². The standard InChI is InChI=1S/C11H9NO4S2/c1-5-7(10(14)15-2)3-6(16-5)4-8-9(13)12-11(17)18-8/h3-4H,1-2H3,(H,12,13,17)/b8-4-. The second-order valence-electron chi connectivity index (χ2n) is 3.46. The lowest BCUT2D eigenvalue weighted by Crippen LogP contribution is -2.17. The molecule has 0 aliphatic carbocycles. The average Bonchev–Trinajstić information content (AvgIpc) is 2.82. The average molecular weight is 283 g/mol. The Balaban J connectivity index is 2.31. The number of carbonyl (C=O) groups is 2. The number of aryl methyl sites for hydroxylation is 1. The van der Waals surface area contributed by atoms with Crippen molar-refractivity contribution < 1.29 is 18.7 Å². The Kier molecular flexibility index (Phi) is 3.53. The van der Waals surface area contributed by atoms with E-state index < -0.39 is 5.97 Å². The zero-order valence-corrected chi connectivity index (χ0v) is 11.2. The highest BCUT2D eigenvalue weighted by atomic mass is 32.2. The van der Waals surface area contributed by atoms with Crippen LogP contribution in [-0.4, -0.2) is 23.3 Å². The molecule has 1 amide bonds. The molecule has 0 radical (unpaired) electrons. The van der Waals surface area contributed by atoms with Gasteiger partial charge in [-0.15, -0.1) is 0 Å². The highest BCUT2D eigenvalue weighted by Gasteiger charge is 2.23. The molecule has 5 nitrogen and oxygen atoms in total. The van der Waals surface area contributed by atoms with Crippen molar-refractivity contribution in [1.82, 2.24) is 5.32 Å². The lowest BCUT2D eigenvalue weighted by molar-refractivity contribution is -0.115. The van der Waals surface area contributed by atoms with Gasteiger partial charge in [0, 0.05) is 6.08 Å². The van der Waals surface area contributed by atoms with Crippen LogP contribution in [-0.2, 0) is 9.53 Å². The van der Waals surface area contributed by atoms with Crippen molar-refractivity contribution in [3.63, 3.8) is 0 Å². The van der Waals surface area contributed by atoms with Crippen LogP contribution in [0, 0.1) is 6.92 Å². The van der Waals surface area contributed by atoms with Crippen LogP contribution < -0.4 is 5.32 Å². The van der Waals surface area contributed by atoms with Crippen LogP contribution in [0.1, 0.15) is 21.9 Å². The van der Waals surface area contributed by atoms with Gasteiger partial charge in [0.15, 0.2) is 0 Å². The number of hydrogen-bond donors (Lipinski definition) is 1. The molecule has 0 unspecified atom stereocenters. The van der Waals surface area contributed by atoms with Gasteiger partial charge in [0.2, 0.25) is 0 Å². The molecule has 1 aliphatic heterocycles. The summed E-state index contributed by atoms with van der Waals surface area (Å²) in [5, 5.41) is 2.50. The Morgan fingerprint density at radius 1 is 1.61 bits per heavy atom. The van der Waals surface area contributed by atoms with Crippen molar-refractivity contribution >= 4 is 46.3 Å². The molecule has 0 atom stereocenters. The molecule has 1 aromatic heterocycles. The number of esters is 1. The van der Waals surface area contributed by atoms with Gasteiger partial charge < -0.3 is 14.5 Å². The third-order valence-corrected chi connectivity index (χ3v) is 3.42. The number of thioether (sulfide) groups is 1. The fraction of sp³-hybridized carbons (Fsp3) is 0.182. The molecule has 1 fully saturated rings. The lowest BCUT2D eigenvalue weighted by atomic mass is 10.2. The maximum atomic E-state index is 11.4. The van der Waals surface area contributed by atoms with Crippen LogP contribution in [0.15, 0.2) is 15.4 Å². The number of carbonyl (C=O) groups excluding carboxylic acids is 2.